The van der Waals surface area contributed by atoms with E-state index in [4.69, 9.17) is 14.2 Å². The molecular weight excluding hydrogens is 384 g/mol. The van der Waals surface area contributed by atoms with E-state index in [9.17, 15) is 9.59 Å². The van der Waals surface area contributed by atoms with E-state index in [-0.39, 0.29) is 24.1 Å². The number of anilines is 1. The van der Waals surface area contributed by atoms with E-state index >= 15 is 0 Å². The fraction of sp³-hybridized carbons (Fsp3) is 0.304. The molecule has 0 saturated heterocycles. The van der Waals surface area contributed by atoms with Gasteiger partial charge in [-0.05, 0) is 43.2 Å². The number of amides is 2. The van der Waals surface area contributed by atoms with Crippen LogP contribution in [0.15, 0.2) is 48.2 Å². The molecule has 0 aliphatic carbocycles. The fourth-order valence-electron chi connectivity index (χ4n) is 3.24. The van der Waals surface area contributed by atoms with Crippen LogP contribution in [0.4, 0.5) is 5.69 Å². The standard InChI is InChI=1S/C23H26N2O5/c1-5-13-30-17-10-7-15(8-11-17)20-21(23(27)25(6-2)22(20)26)24-16-9-12-18(28-3)19(14-16)29-4/h7-12,14,24H,5-6,13H2,1-4H3. The number of nitrogens with zero attached hydrogens (tertiary/aromatic N) is 1. The molecule has 0 aromatic heterocycles. The summed E-state index contributed by atoms with van der Waals surface area (Å²) < 4.78 is 16.2. The van der Waals surface area contributed by atoms with Gasteiger partial charge in [0.25, 0.3) is 11.8 Å². The Morgan fingerprint density at radius 3 is 2.20 bits per heavy atom. The van der Waals surface area contributed by atoms with Crippen LogP contribution < -0.4 is 19.5 Å². The van der Waals surface area contributed by atoms with Gasteiger partial charge in [0.1, 0.15) is 11.4 Å². The zero-order valence-corrected chi connectivity index (χ0v) is 17.7. The van der Waals surface area contributed by atoms with Crippen LogP contribution in [0.5, 0.6) is 17.2 Å². The number of ether oxygens (including phenoxy) is 3. The molecule has 30 heavy (non-hydrogen) atoms. The highest BCUT2D eigenvalue weighted by atomic mass is 16.5. The van der Waals surface area contributed by atoms with Crippen LogP contribution >= 0.6 is 0 Å². The Balaban J connectivity index is 1.99. The maximum Gasteiger partial charge on any atom is 0.278 e. The van der Waals surface area contributed by atoms with Gasteiger partial charge >= 0.3 is 0 Å². The topological polar surface area (TPSA) is 77.1 Å². The largest absolute Gasteiger partial charge is 0.494 e. The van der Waals surface area contributed by atoms with E-state index in [0.717, 1.165) is 12.2 Å². The summed E-state index contributed by atoms with van der Waals surface area (Å²) in [7, 11) is 3.09. The number of benzene rings is 2. The summed E-state index contributed by atoms with van der Waals surface area (Å²) in [6.07, 6.45) is 0.907. The summed E-state index contributed by atoms with van der Waals surface area (Å²) in [5.41, 5.74) is 1.83. The summed E-state index contributed by atoms with van der Waals surface area (Å²) in [4.78, 5) is 27.1. The first-order valence-corrected chi connectivity index (χ1v) is 9.86. The first-order chi connectivity index (χ1) is 14.5. The number of carbonyl (C=O) groups is 2. The van der Waals surface area contributed by atoms with Gasteiger partial charge < -0.3 is 19.5 Å². The van der Waals surface area contributed by atoms with E-state index in [1.54, 1.807) is 56.5 Å². The van der Waals surface area contributed by atoms with Crippen molar-refractivity contribution in [3.8, 4) is 17.2 Å². The zero-order valence-electron chi connectivity index (χ0n) is 17.7. The van der Waals surface area contributed by atoms with Crippen molar-refractivity contribution < 1.29 is 23.8 Å². The number of carbonyl (C=O) groups excluding carboxylic acids is 2. The molecule has 1 N–H and O–H groups in total. The second-order valence-corrected chi connectivity index (χ2v) is 6.67. The fourth-order valence-corrected chi connectivity index (χ4v) is 3.24. The molecule has 0 radical (unpaired) electrons. The molecule has 1 aliphatic heterocycles. The lowest BCUT2D eigenvalue weighted by molar-refractivity contribution is -0.136. The quantitative estimate of drug-likeness (QED) is 0.635. The molecule has 3 rings (SSSR count). The molecular formula is C23H26N2O5. The third kappa shape index (κ3) is 4.10. The molecule has 1 heterocycles. The third-order valence-electron chi connectivity index (χ3n) is 4.75. The number of imide groups is 1. The molecule has 2 aromatic carbocycles. The van der Waals surface area contributed by atoms with Crippen LogP contribution in [0.25, 0.3) is 5.57 Å². The van der Waals surface area contributed by atoms with Crippen LogP contribution in [-0.4, -0.2) is 44.1 Å². The third-order valence-corrected chi connectivity index (χ3v) is 4.75. The van der Waals surface area contributed by atoms with E-state index in [1.807, 2.05) is 6.92 Å². The second-order valence-electron chi connectivity index (χ2n) is 6.67. The van der Waals surface area contributed by atoms with Gasteiger partial charge in [0.2, 0.25) is 0 Å². The monoisotopic (exact) mass is 410 g/mol. The van der Waals surface area contributed by atoms with E-state index < -0.39 is 0 Å². The lowest BCUT2D eigenvalue weighted by Gasteiger charge is -2.13. The van der Waals surface area contributed by atoms with Crippen LogP contribution in [0, 0.1) is 0 Å². The Bertz CT molecular complexity index is 966. The van der Waals surface area contributed by atoms with Gasteiger partial charge in [-0.15, -0.1) is 0 Å². The molecule has 2 aromatic rings. The predicted molar refractivity (Wildman–Crippen MR) is 115 cm³/mol. The van der Waals surface area contributed by atoms with Gasteiger partial charge in [-0.2, -0.15) is 0 Å². The summed E-state index contributed by atoms with van der Waals surface area (Å²) in [5, 5.41) is 3.11. The Hall–Kier alpha value is -3.48. The molecule has 0 unspecified atom stereocenters. The molecule has 7 nitrogen and oxygen atoms in total. The number of likely N-dealkylation sites (N-methyl/N-ethyl adjacent to an activating group) is 1. The Labute approximate surface area is 176 Å². The second kappa shape index (κ2) is 9.35. The summed E-state index contributed by atoms with van der Waals surface area (Å²) in [5.74, 6) is 1.13. The van der Waals surface area contributed by atoms with Crippen molar-refractivity contribution in [2.75, 3.05) is 32.7 Å². The van der Waals surface area contributed by atoms with Gasteiger partial charge in [-0.25, -0.2) is 0 Å². The van der Waals surface area contributed by atoms with Crippen LogP contribution in [0.3, 0.4) is 0 Å². The van der Waals surface area contributed by atoms with E-state index in [1.165, 1.54) is 12.0 Å². The molecule has 0 atom stereocenters. The minimum Gasteiger partial charge on any atom is -0.494 e. The minimum atomic E-state index is -0.362. The van der Waals surface area contributed by atoms with E-state index in [0.29, 0.717) is 34.9 Å². The normalized spacial score (nSPS) is 13.7. The molecule has 2 amide bonds. The van der Waals surface area contributed by atoms with Gasteiger partial charge in [-0.1, -0.05) is 19.1 Å². The highest BCUT2D eigenvalue weighted by molar-refractivity contribution is 6.36. The highest BCUT2D eigenvalue weighted by Crippen LogP contribution is 2.34. The SMILES string of the molecule is CCCOc1ccc(C2=C(Nc3ccc(OC)c(OC)c3)C(=O)N(CC)C2=O)cc1. The van der Waals surface area contributed by atoms with Gasteiger partial charge in [-0.3, -0.25) is 14.5 Å². The number of methoxy groups -OCH3 is 2. The average Bonchev–Trinajstić information content (AvgIpc) is 3.01. The zero-order chi connectivity index (χ0) is 21.7. The lowest BCUT2D eigenvalue weighted by Crippen LogP contribution is -2.32. The maximum absolute atomic E-state index is 13.0. The van der Waals surface area contributed by atoms with Crippen molar-refractivity contribution in [1.29, 1.82) is 0 Å². The Kier molecular flexibility index (Phi) is 6.61. The highest BCUT2D eigenvalue weighted by Gasteiger charge is 2.38. The van der Waals surface area contributed by atoms with Crippen molar-refractivity contribution in [3.63, 3.8) is 0 Å². The maximum atomic E-state index is 13.0. The first kappa shape index (κ1) is 21.2. The lowest BCUT2D eigenvalue weighted by atomic mass is 10.0. The van der Waals surface area contributed by atoms with Gasteiger partial charge in [0, 0.05) is 18.3 Å². The smallest absolute Gasteiger partial charge is 0.278 e. The predicted octanol–water partition coefficient (Wildman–Crippen LogP) is 3.70. The Morgan fingerprint density at radius 2 is 1.60 bits per heavy atom. The van der Waals surface area contributed by atoms with E-state index in [2.05, 4.69) is 5.32 Å². The van der Waals surface area contributed by atoms with Crippen molar-refractivity contribution >= 4 is 23.1 Å². The summed E-state index contributed by atoms with van der Waals surface area (Å²) in [6, 6.07) is 12.4. The first-order valence-electron chi connectivity index (χ1n) is 9.86. The summed E-state index contributed by atoms with van der Waals surface area (Å²) >= 11 is 0. The number of nitrogens with one attached hydrogen (secondary N) is 1. The minimum absolute atomic E-state index is 0.233. The average molecular weight is 410 g/mol. The molecule has 1 aliphatic rings. The molecule has 0 saturated carbocycles. The number of hydrogen-bond donors (Lipinski definition) is 1. The van der Waals surface area contributed by atoms with Crippen LogP contribution in [-0.2, 0) is 9.59 Å². The molecule has 0 spiro atoms. The number of hydrogen-bond acceptors (Lipinski definition) is 6. The van der Waals surface area contributed by atoms with Gasteiger partial charge in [0.15, 0.2) is 11.5 Å². The van der Waals surface area contributed by atoms with Crippen molar-refractivity contribution in [3.05, 3.63) is 53.7 Å². The van der Waals surface area contributed by atoms with Crippen molar-refractivity contribution in [1.82, 2.24) is 4.90 Å². The molecule has 0 fully saturated rings. The summed E-state index contributed by atoms with van der Waals surface area (Å²) in [6.45, 7) is 4.72. The van der Waals surface area contributed by atoms with Crippen LogP contribution in [0.2, 0.25) is 0 Å². The molecule has 7 heteroatoms. The number of rotatable bonds is 9. The molecule has 0 bridgehead atoms. The van der Waals surface area contributed by atoms with Crippen LogP contribution in [0.1, 0.15) is 25.8 Å². The Morgan fingerprint density at radius 1 is 0.900 bits per heavy atom. The molecule has 158 valence electrons. The van der Waals surface area contributed by atoms with Crippen molar-refractivity contribution in [2.45, 2.75) is 20.3 Å². The van der Waals surface area contributed by atoms with Gasteiger partial charge in [0.05, 0.1) is 26.4 Å². The van der Waals surface area contributed by atoms with Crippen molar-refractivity contribution in [2.24, 2.45) is 0 Å².